The molecule has 2 aromatic carbocycles. The summed E-state index contributed by atoms with van der Waals surface area (Å²) in [5.74, 6) is 1.91. The molecule has 1 aliphatic heterocycles. The third-order valence-corrected chi connectivity index (χ3v) is 5.27. The van der Waals surface area contributed by atoms with Crippen LogP contribution in [0.4, 0.5) is 0 Å². The summed E-state index contributed by atoms with van der Waals surface area (Å²) in [6.45, 7) is 3.82. The normalized spacial score (nSPS) is 16.6. The van der Waals surface area contributed by atoms with E-state index in [2.05, 4.69) is 10.1 Å². The van der Waals surface area contributed by atoms with Gasteiger partial charge in [0, 0.05) is 29.2 Å². The van der Waals surface area contributed by atoms with Gasteiger partial charge in [0.1, 0.15) is 5.75 Å². The lowest BCUT2D eigenvalue weighted by Crippen LogP contribution is -2.39. The molecule has 1 saturated heterocycles. The minimum Gasteiger partial charge on any atom is -0.494 e. The molecular formula is C22H22ClN3O3. The van der Waals surface area contributed by atoms with E-state index in [1.54, 1.807) is 12.1 Å². The lowest BCUT2D eigenvalue weighted by molar-refractivity contribution is 0.0695. The van der Waals surface area contributed by atoms with Crippen LogP contribution in [0.3, 0.4) is 0 Å². The molecule has 0 N–H and O–H groups in total. The number of halogens is 1. The van der Waals surface area contributed by atoms with Crippen LogP contribution in [0.15, 0.2) is 53.1 Å². The molecule has 150 valence electrons. The van der Waals surface area contributed by atoms with Crippen molar-refractivity contribution in [1.29, 1.82) is 0 Å². The predicted octanol–water partition coefficient (Wildman–Crippen LogP) is 4.81. The third kappa shape index (κ3) is 4.43. The molecule has 2 heterocycles. The van der Waals surface area contributed by atoms with Crippen molar-refractivity contribution in [3.8, 4) is 17.1 Å². The van der Waals surface area contributed by atoms with Gasteiger partial charge < -0.3 is 14.2 Å². The molecule has 0 bridgehead atoms. The van der Waals surface area contributed by atoms with E-state index < -0.39 is 0 Å². The molecule has 0 radical (unpaired) electrons. The van der Waals surface area contributed by atoms with Crippen LogP contribution in [-0.2, 0) is 0 Å². The van der Waals surface area contributed by atoms with E-state index in [1.165, 1.54) is 0 Å². The van der Waals surface area contributed by atoms with E-state index in [4.69, 9.17) is 20.9 Å². The van der Waals surface area contributed by atoms with E-state index in [0.717, 1.165) is 30.7 Å². The first-order chi connectivity index (χ1) is 14.1. The van der Waals surface area contributed by atoms with Gasteiger partial charge in [-0.15, -0.1) is 0 Å². The number of hydrogen-bond donors (Lipinski definition) is 0. The summed E-state index contributed by atoms with van der Waals surface area (Å²) in [5.41, 5.74) is 1.50. The molecule has 7 heteroatoms. The second kappa shape index (κ2) is 8.66. The lowest BCUT2D eigenvalue weighted by Gasteiger charge is -2.31. The van der Waals surface area contributed by atoms with Crippen molar-refractivity contribution in [2.45, 2.75) is 25.7 Å². The standard InChI is InChI=1S/C22H22ClN3O3/c1-2-28-19-11-7-16(8-12-19)22(27)26-13-3-4-17(14-26)21-24-20(25-29-21)15-5-9-18(23)10-6-15/h5-12,17H,2-4,13-14H2,1H3. The van der Waals surface area contributed by atoms with Gasteiger partial charge in [0.05, 0.1) is 12.5 Å². The number of amides is 1. The Balaban J connectivity index is 1.45. The Morgan fingerprint density at radius 2 is 1.97 bits per heavy atom. The molecule has 1 aromatic heterocycles. The SMILES string of the molecule is CCOc1ccc(C(=O)N2CCCC(c3nc(-c4ccc(Cl)cc4)no3)C2)cc1. The smallest absolute Gasteiger partial charge is 0.253 e. The van der Waals surface area contributed by atoms with Crippen LogP contribution < -0.4 is 4.74 Å². The number of piperidine rings is 1. The first-order valence-corrected chi connectivity index (χ1v) is 10.1. The summed E-state index contributed by atoms with van der Waals surface area (Å²) < 4.78 is 11.0. The number of carbonyl (C=O) groups is 1. The second-order valence-electron chi connectivity index (χ2n) is 7.01. The summed E-state index contributed by atoms with van der Waals surface area (Å²) >= 11 is 5.94. The molecule has 29 heavy (non-hydrogen) atoms. The highest BCUT2D eigenvalue weighted by atomic mass is 35.5. The molecule has 1 unspecified atom stereocenters. The molecule has 3 aromatic rings. The van der Waals surface area contributed by atoms with E-state index in [9.17, 15) is 4.79 Å². The van der Waals surface area contributed by atoms with Crippen molar-refractivity contribution in [2.24, 2.45) is 0 Å². The van der Waals surface area contributed by atoms with E-state index >= 15 is 0 Å². The van der Waals surface area contributed by atoms with Gasteiger partial charge in [0.15, 0.2) is 0 Å². The highest BCUT2D eigenvalue weighted by molar-refractivity contribution is 6.30. The first kappa shape index (κ1) is 19.5. The van der Waals surface area contributed by atoms with Gasteiger partial charge in [0.2, 0.25) is 11.7 Å². The van der Waals surface area contributed by atoms with Crippen LogP contribution in [0.25, 0.3) is 11.4 Å². The minimum atomic E-state index is 0.00943. The van der Waals surface area contributed by atoms with Crippen LogP contribution in [-0.4, -0.2) is 40.6 Å². The van der Waals surface area contributed by atoms with E-state index in [1.807, 2.05) is 48.2 Å². The van der Waals surface area contributed by atoms with Crippen molar-refractivity contribution < 1.29 is 14.1 Å². The Hall–Kier alpha value is -2.86. The second-order valence-corrected chi connectivity index (χ2v) is 7.45. The number of rotatable bonds is 5. The number of benzene rings is 2. The van der Waals surface area contributed by atoms with Gasteiger partial charge in [-0.1, -0.05) is 16.8 Å². The van der Waals surface area contributed by atoms with Crippen molar-refractivity contribution in [1.82, 2.24) is 15.0 Å². The predicted molar refractivity (Wildman–Crippen MR) is 110 cm³/mol. The summed E-state index contributed by atoms with van der Waals surface area (Å²) in [4.78, 5) is 19.3. The Morgan fingerprint density at radius 1 is 1.21 bits per heavy atom. The fraction of sp³-hybridized carbons (Fsp3) is 0.318. The Bertz CT molecular complexity index is 970. The zero-order valence-electron chi connectivity index (χ0n) is 16.2. The van der Waals surface area contributed by atoms with Gasteiger partial charge in [-0.05, 0) is 68.3 Å². The molecular weight excluding hydrogens is 390 g/mol. The monoisotopic (exact) mass is 411 g/mol. The number of hydrogen-bond acceptors (Lipinski definition) is 5. The van der Waals surface area contributed by atoms with Gasteiger partial charge in [0.25, 0.3) is 5.91 Å². The van der Waals surface area contributed by atoms with Gasteiger partial charge in [-0.25, -0.2) is 0 Å². The Kier molecular flexibility index (Phi) is 5.81. The van der Waals surface area contributed by atoms with Crippen LogP contribution in [0.2, 0.25) is 5.02 Å². The minimum absolute atomic E-state index is 0.00943. The maximum Gasteiger partial charge on any atom is 0.253 e. The fourth-order valence-electron chi connectivity index (χ4n) is 3.52. The molecule has 0 aliphatic carbocycles. The van der Waals surface area contributed by atoms with Crippen LogP contribution >= 0.6 is 11.6 Å². The maximum atomic E-state index is 12.9. The average Bonchev–Trinajstić information content (AvgIpc) is 3.25. The quantitative estimate of drug-likeness (QED) is 0.602. The van der Waals surface area contributed by atoms with Crippen molar-refractivity contribution in [3.05, 3.63) is 65.0 Å². The van der Waals surface area contributed by atoms with E-state index in [0.29, 0.717) is 35.5 Å². The molecule has 4 rings (SSSR count). The van der Waals surface area contributed by atoms with Gasteiger partial charge in [-0.3, -0.25) is 4.79 Å². The topological polar surface area (TPSA) is 68.5 Å². The van der Waals surface area contributed by atoms with Crippen LogP contribution in [0.1, 0.15) is 41.9 Å². The van der Waals surface area contributed by atoms with Crippen molar-refractivity contribution in [2.75, 3.05) is 19.7 Å². The van der Waals surface area contributed by atoms with Crippen molar-refractivity contribution in [3.63, 3.8) is 0 Å². The van der Waals surface area contributed by atoms with E-state index in [-0.39, 0.29) is 11.8 Å². The zero-order valence-corrected chi connectivity index (χ0v) is 16.9. The largest absolute Gasteiger partial charge is 0.494 e. The number of carbonyl (C=O) groups excluding carboxylic acids is 1. The highest BCUT2D eigenvalue weighted by Crippen LogP contribution is 2.29. The van der Waals surface area contributed by atoms with Crippen LogP contribution in [0, 0.1) is 0 Å². The number of ether oxygens (including phenoxy) is 1. The first-order valence-electron chi connectivity index (χ1n) is 9.75. The van der Waals surface area contributed by atoms with Gasteiger partial charge >= 0.3 is 0 Å². The summed E-state index contributed by atoms with van der Waals surface area (Å²) in [7, 11) is 0. The molecule has 0 saturated carbocycles. The number of likely N-dealkylation sites (tertiary alicyclic amines) is 1. The Labute approximate surface area is 174 Å². The molecule has 1 amide bonds. The fourth-order valence-corrected chi connectivity index (χ4v) is 3.65. The zero-order chi connectivity index (χ0) is 20.2. The third-order valence-electron chi connectivity index (χ3n) is 5.01. The Morgan fingerprint density at radius 3 is 2.69 bits per heavy atom. The van der Waals surface area contributed by atoms with Crippen LogP contribution in [0.5, 0.6) is 5.75 Å². The summed E-state index contributed by atoms with van der Waals surface area (Å²) in [6.07, 6.45) is 1.81. The molecule has 1 aliphatic rings. The molecule has 0 spiro atoms. The molecule has 1 atom stereocenters. The van der Waals surface area contributed by atoms with Crippen molar-refractivity contribution >= 4 is 17.5 Å². The lowest BCUT2D eigenvalue weighted by atomic mass is 9.97. The highest BCUT2D eigenvalue weighted by Gasteiger charge is 2.29. The summed E-state index contributed by atoms with van der Waals surface area (Å²) in [6, 6.07) is 14.6. The summed E-state index contributed by atoms with van der Waals surface area (Å²) in [5, 5.41) is 4.76. The maximum absolute atomic E-state index is 12.9. The average molecular weight is 412 g/mol. The molecule has 6 nitrogen and oxygen atoms in total. The number of nitrogens with zero attached hydrogens (tertiary/aromatic N) is 3. The number of aromatic nitrogens is 2. The van der Waals surface area contributed by atoms with Gasteiger partial charge in [-0.2, -0.15) is 4.98 Å². The molecule has 1 fully saturated rings.